The number of likely N-dealkylation sites (tertiary alicyclic amines) is 2. The Hall–Kier alpha value is -2.13. The Kier molecular flexibility index (Phi) is 6.05. The van der Waals surface area contributed by atoms with Gasteiger partial charge in [0, 0.05) is 38.0 Å². The molecule has 0 saturated carbocycles. The van der Waals surface area contributed by atoms with Gasteiger partial charge >= 0.3 is 0 Å². The smallest absolute Gasteiger partial charge is 0.222 e. The number of hydrogen-bond acceptors (Lipinski definition) is 2. The van der Waals surface area contributed by atoms with Crippen molar-refractivity contribution in [3.63, 3.8) is 0 Å². The van der Waals surface area contributed by atoms with Crippen LogP contribution in [0, 0.1) is 19.3 Å². The molecular weight excluding hydrogens is 356 g/mol. The summed E-state index contributed by atoms with van der Waals surface area (Å²) in [5.74, 6) is 0.334. The van der Waals surface area contributed by atoms with Crippen LogP contribution in [0.5, 0.6) is 0 Å². The van der Waals surface area contributed by atoms with Crippen molar-refractivity contribution in [2.45, 2.75) is 52.5 Å². The fourth-order valence-corrected chi connectivity index (χ4v) is 5.29. The summed E-state index contributed by atoms with van der Waals surface area (Å²) in [6, 6.07) is 17.3. The van der Waals surface area contributed by atoms with Gasteiger partial charge in [0.2, 0.25) is 5.91 Å². The first-order valence-electron chi connectivity index (χ1n) is 11.1. The van der Waals surface area contributed by atoms with Gasteiger partial charge in [0.1, 0.15) is 0 Å². The molecule has 0 N–H and O–H groups in total. The Morgan fingerprint density at radius 2 is 1.86 bits per heavy atom. The Labute approximate surface area is 175 Å². The molecule has 3 heteroatoms. The first-order valence-corrected chi connectivity index (χ1v) is 11.1. The summed E-state index contributed by atoms with van der Waals surface area (Å²) in [6.45, 7) is 9.52. The van der Waals surface area contributed by atoms with Crippen molar-refractivity contribution in [2.75, 3.05) is 26.2 Å². The van der Waals surface area contributed by atoms with Gasteiger partial charge in [-0.05, 0) is 62.8 Å². The third-order valence-electron chi connectivity index (χ3n) is 6.89. The SMILES string of the molecule is Cc1cccc(CN2CCC[C@]3(CCN(C(=O)CCc4ccccc4C)C3)C2)c1. The molecule has 29 heavy (non-hydrogen) atoms. The van der Waals surface area contributed by atoms with Crippen LogP contribution in [0.25, 0.3) is 0 Å². The van der Waals surface area contributed by atoms with E-state index in [4.69, 9.17) is 0 Å². The summed E-state index contributed by atoms with van der Waals surface area (Å²) in [5.41, 5.74) is 5.64. The van der Waals surface area contributed by atoms with E-state index in [1.165, 1.54) is 41.6 Å². The van der Waals surface area contributed by atoms with Gasteiger partial charge in [-0.3, -0.25) is 9.69 Å². The van der Waals surface area contributed by atoms with Crippen LogP contribution in [0.15, 0.2) is 48.5 Å². The van der Waals surface area contributed by atoms with Gasteiger partial charge in [0.15, 0.2) is 0 Å². The van der Waals surface area contributed by atoms with Gasteiger partial charge in [-0.1, -0.05) is 54.1 Å². The van der Waals surface area contributed by atoms with Crippen molar-refractivity contribution in [1.29, 1.82) is 0 Å². The monoisotopic (exact) mass is 390 g/mol. The Bertz CT molecular complexity index is 861. The lowest BCUT2D eigenvalue weighted by Gasteiger charge is -2.40. The molecular formula is C26H34N2O. The van der Waals surface area contributed by atoms with Gasteiger partial charge in [-0.15, -0.1) is 0 Å². The van der Waals surface area contributed by atoms with Crippen LogP contribution in [0.3, 0.4) is 0 Å². The molecule has 4 rings (SSSR count). The Morgan fingerprint density at radius 3 is 2.69 bits per heavy atom. The summed E-state index contributed by atoms with van der Waals surface area (Å²) in [4.78, 5) is 17.6. The number of carbonyl (C=O) groups is 1. The molecule has 0 radical (unpaired) electrons. The molecule has 0 bridgehead atoms. The molecule has 1 spiro atoms. The highest BCUT2D eigenvalue weighted by Gasteiger charge is 2.42. The first kappa shape index (κ1) is 20.2. The summed E-state index contributed by atoms with van der Waals surface area (Å²) in [5, 5.41) is 0. The average molecular weight is 391 g/mol. The van der Waals surface area contributed by atoms with E-state index in [0.29, 0.717) is 17.7 Å². The fraction of sp³-hybridized carbons (Fsp3) is 0.500. The number of rotatable bonds is 5. The molecule has 2 aliphatic heterocycles. The minimum atomic E-state index is 0.306. The number of nitrogens with zero attached hydrogens (tertiary/aromatic N) is 2. The molecule has 2 heterocycles. The van der Waals surface area contributed by atoms with Crippen molar-refractivity contribution < 1.29 is 4.79 Å². The number of amides is 1. The summed E-state index contributed by atoms with van der Waals surface area (Å²) < 4.78 is 0. The second-order valence-corrected chi connectivity index (χ2v) is 9.30. The van der Waals surface area contributed by atoms with Gasteiger partial charge in [0.25, 0.3) is 0 Å². The molecule has 3 nitrogen and oxygen atoms in total. The van der Waals surface area contributed by atoms with E-state index in [9.17, 15) is 4.79 Å². The fourth-order valence-electron chi connectivity index (χ4n) is 5.29. The zero-order chi connectivity index (χ0) is 20.3. The van der Waals surface area contributed by atoms with Gasteiger partial charge in [-0.25, -0.2) is 0 Å². The lowest BCUT2D eigenvalue weighted by atomic mass is 9.79. The molecule has 2 aliphatic rings. The maximum absolute atomic E-state index is 12.9. The maximum atomic E-state index is 12.9. The average Bonchev–Trinajstić information content (AvgIpc) is 3.10. The number of hydrogen-bond donors (Lipinski definition) is 0. The zero-order valence-corrected chi connectivity index (χ0v) is 18.0. The normalized spacial score (nSPS) is 22.3. The summed E-state index contributed by atoms with van der Waals surface area (Å²) in [7, 11) is 0. The van der Waals surface area contributed by atoms with Crippen molar-refractivity contribution in [2.24, 2.45) is 5.41 Å². The molecule has 0 unspecified atom stereocenters. The van der Waals surface area contributed by atoms with E-state index in [1.807, 2.05) is 0 Å². The van der Waals surface area contributed by atoms with E-state index < -0.39 is 0 Å². The van der Waals surface area contributed by atoms with Gasteiger partial charge < -0.3 is 4.90 Å². The zero-order valence-electron chi connectivity index (χ0n) is 18.0. The first-order chi connectivity index (χ1) is 14.0. The second kappa shape index (κ2) is 8.71. The van der Waals surface area contributed by atoms with Crippen molar-refractivity contribution in [3.05, 3.63) is 70.8 Å². The van der Waals surface area contributed by atoms with E-state index in [1.54, 1.807) is 0 Å². The molecule has 0 aliphatic carbocycles. The lowest BCUT2D eigenvalue weighted by molar-refractivity contribution is -0.130. The van der Waals surface area contributed by atoms with Crippen LogP contribution in [-0.4, -0.2) is 41.9 Å². The molecule has 2 aromatic rings. The number of piperidine rings is 1. The highest BCUT2D eigenvalue weighted by molar-refractivity contribution is 5.77. The van der Waals surface area contributed by atoms with E-state index in [-0.39, 0.29) is 0 Å². The lowest BCUT2D eigenvalue weighted by Crippen LogP contribution is -2.45. The molecule has 0 aromatic heterocycles. The van der Waals surface area contributed by atoms with E-state index in [2.05, 4.69) is 72.2 Å². The van der Waals surface area contributed by atoms with Crippen LogP contribution in [0.1, 0.15) is 47.9 Å². The van der Waals surface area contributed by atoms with Crippen LogP contribution in [0.4, 0.5) is 0 Å². The topological polar surface area (TPSA) is 23.6 Å². The summed E-state index contributed by atoms with van der Waals surface area (Å²) >= 11 is 0. The molecule has 1 amide bonds. The van der Waals surface area contributed by atoms with Crippen molar-refractivity contribution >= 4 is 5.91 Å². The third-order valence-corrected chi connectivity index (χ3v) is 6.89. The number of aryl methyl sites for hydroxylation is 3. The minimum absolute atomic E-state index is 0.306. The van der Waals surface area contributed by atoms with Crippen LogP contribution in [0.2, 0.25) is 0 Å². The standard InChI is InChI=1S/C26H34N2O/c1-21-7-5-9-23(17-21)18-27-15-6-13-26(19-27)14-16-28(20-26)25(29)12-11-24-10-4-3-8-22(24)2/h3-5,7-10,17H,6,11-16,18-20H2,1-2H3/t26-/m0/s1. The van der Waals surface area contributed by atoms with Crippen LogP contribution in [-0.2, 0) is 17.8 Å². The quantitative estimate of drug-likeness (QED) is 0.735. The molecule has 1 atom stereocenters. The van der Waals surface area contributed by atoms with Crippen LogP contribution < -0.4 is 0 Å². The van der Waals surface area contributed by atoms with E-state index >= 15 is 0 Å². The Morgan fingerprint density at radius 1 is 1.00 bits per heavy atom. The highest BCUT2D eigenvalue weighted by Crippen LogP contribution is 2.39. The van der Waals surface area contributed by atoms with Crippen molar-refractivity contribution in [1.82, 2.24) is 9.80 Å². The predicted molar refractivity (Wildman–Crippen MR) is 119 cm³/mol. The van der Waals surface area contributed by atoms with Crippen LogP contribution >= 0.6 is 0 Å². The van der Waals surface area contributed by atoms with Gasteiger partial charge in [-0.2, -0.15) is 0 Å². The van der Waals surface area contributed by atoms with E-state index in [0.717, 1.165) is 39.0 Å². The minimum Gasteiger partial charge on any atom is -0.342 e. The third kappa shape index (κ3) is 4.90. The predicted octanol–water partition coefficient (Wildman–Crippen LogP) is 4.75. The summed E-state index contributed by atoms with van der Waals surface area (Å²) in [6.07, 6.45) is 5.16. The molecule has 2 fully saturated rings. The number of carbonyl (C=O) groups excluding carboxylic acids is 1. The highest BCUT2D eigenvalue weighted by atomic mass is 16.2. The number of benzene rings is 2. The Balaban J connectivity index is 1.32. The molecule has 154 valence electrons. The largest absolute Gasteiger partial charge is 0.342 e. The second-order valence-electron chi connectivity index (χ2n) is 9.30. The van der Waals surface area contributed by atoms with Gasteiger partial charge in [0.05, 0.1) is 0 Å². The van der Waals surface area contributed by atoms with Crippen molar-refractivity contribution in [3.8, 4) is 0 Å². The molecule has 2 saturated heterocycles. The maximum Gasteiger partial charge on any atom is 0.222 e. The molecule has 2 aromatic carbocycles.